The van der Waals surface area contributed by atoms with E-state index in [0.29, 0.717) is 0 Å². The first-order chi connectivity index (χ1) is 15.5. The van der Waals surface area contributed by atoms with E-state index in [1.165, 1.54) is 50.1 Å². The predicted octanol–water partition coefficient (Wildman–Crippen LogP) is 9.03. The molecule has 0 aliphatic carbocycles. The van der Waals surface area contributed by atoms with Crippen LogP contribution in [0.4, 0.5) is 11.4 Å². The van der Waals surface area contributed by atoms with Crippen LogP contribution < -0.4 is 5.01 Å². The molecule has 0 unspecified atom stereocenters. The lowest BCUT2D eigenvalue weighted by atomic mass is 9.95. The lowest BCUT2D eigenvalue weighted by Gasteiger charge is -2.21. The van der Waals surface area contributed by atoms with Crippen molar-refractivity contribution in [1.82, 2.24) is 0 Å². The van der Waals surface area contributed by atoms with Gasteiger partial charge < -0.3 is 0 Å². The zero-order valence-corrected chi connectivity index (χ0v) is 21.9. The van der Waals surface area contributed by atoms with E-state index >= 15 is 0 Å². The first kappa shape index (κ1) is 24.4. The van der Waals surface area contributed by atoms with Crippen LogP contribution in [0.15, 0.2) is 52.9 Å². The summed E-state index contributed by atoms with van der Waals surface area (Å²) in [4.78, 5) is 0. The van der Waals surface area contributed by atoms with Crippen molar-refractivity contribution in [3.63, 3.8) is 0 Å². The number of hydrogen-bond donors (Lipinski definition) is 0. The SMILES string of the molecule is C/C(=C\N(/N=N/c1c(C)cc(C)cc1C)c1c(C)cc(C)cc1C)c1c(C)cc(C)cc1C. The van der Waals surface area contributed by atoms with Gasteiger partial charge in [0.15, 0.2) is 0 Å². The molecule has 172 valence electrons. The minimum atomic E-state index is 0.932. The Balaban J connectivity index is 2.18. The van der Waals surface area contributed by atoms with E-state index in [2.05, 4.69) is 112 Å². The molecule has 3 aromatic carbocycles. The third-order valence-corrected chi connectivity index (χ3v) is 6.13. The van der Waals surface area contributed by atoms with Crippen LogP contribution in [-0.4, -0.2) is 0 Å². The van der Waals surface area contributed by atoms with Crippen molar-refractivity contribution < 1.29 is 0 Å². The van der Waals surface area contributed by atoms with Crippen LogP contribution in [0.5, 0.6) is 0 Å². The summed E-state index contributed by atoms with van der Waals surface area (Å²) in [5.41, 5.74) is 15.4. The van der Waals surface area contributed by atoms with E-state index in [9.17, 15) is 0 Å². The van der Waals surface area contributed by atoms with Crippen molar-refractivity contribution in [1.29, 1.82) is 0 Å². The number of allylic oxidation sites excluding steroid dienone is 1. The fourth-order valence-electron chi connectivity index (χ4n) is 5.14. The molecular weight excluding hydrogens is 402 g/mol. The van der Waals surface area contributed by atoms with Gasteiger partial charge >= 0.3 is 0 Å². The topological polar surface area (TPSA) is 28.0 Å². The number of benzene rings is 3. The maximum Gasteiger partial charge on any atom is 0.0932 e. The Morgan fingerprint density at radius 1 is 0.606 bits per heavy atom. The predicted molar refractivity (Wildman–Crippen MR) is 143 cm³/mol. The Hall–Kier alpha value is -3.20. The molecule has 0 aliphatic heterocycles. The highest BCUT2D eigenvalue weighted by Crippen LogP contribution is 2.32. The van der Waals surface area contributed by atoms with Crippen molar-refractivity contribution in [2.45, 2.75) is 69.2 Å². The molecule has 0 atom stereocenters. The number of hydrogen-bond acceptors (Lipinski definition) is 2. The summed E-state index contributed by atoms with van der Waals surface area (Å²) < 4.78 is 0. The zero-order chi connectivity index (χ0) is 24.4. The molecule has 0 saturated carbocycles. The van der Waals surface area contributed by atoms with Gasteiger partial charge in [0.2, 0.25) is 0 Å². The average Bonchev–Trinajstić information content (AvgIpc) is 2.65. The molecule has 3 heteroatoms. The Bertz CT molecular complexity index is 1190. The molecule has 0 aromatic heterocycles. The third-order valence-electron chi connectivity index (χ3n) is 6.13. The zero-order valence-electron chi connectivity index (χ0n) is 21.9. The molecule has 0 bridgehead atoms. The number of aryl methyl sites for hydroxylation is 9. The molecule has 33 heavy (non-hydrogen) atoms. The first-order valence-electron chi connectivity index (χ1n) is 11.6. The normalized spacial score (nSPS) is 12.0. The molecule has 3 aromatic rings. The second-order valence-electron chi connectivity index (χ2n) is 9.61. The largest absolute Gasteiger partial charge is 0.222 e. The summed E-state index contributed by atoms with van der Waals surface area (Å²) in [5, 5.41) is 11.5. The standard InChI is InChI=1S/C30H37N3/c1-18-11-21(4)28(22(5)12-18)27(10)17-33(30-25(8)15-20(3)16-26(30)9)32-31-29-23(6)13-19(2)14-24(29)7/h11-17H,1-10H3/b27-17+,32-31+. The van der Waals surface area contributed by atoms with Crippen LogP contribution in [0.1, 0.15) is 62.6 Å². The highest BCUT2D eigenvalue weighted by Gasteiger charge is 2.14. The van der Waals surface area contributed by atoms with Crippen LogP contribution >= 0.6 is 0 Å². The van der Waals surface area contributed by atoms with Gasteiger partial charge in [0.1, 0.15) is 0 Å². The molecule has 0 spiro atoms. The van der Waals surface area contributed by atoms with Crippen LogP contribution in [0.25, 0.3) is 5.57 Å². The van der Waals surface area contributed by atoms with Crippen molar-refractivity contribution in [2.75, 3.05) is 5.01 Å². The van der Waals surface area contributed by atoms with Crippen molar-refractivity contribution in [3.05, 3.63) is 98.2 Å². The van der Waals surface area contributed by atoms with Gasteiger partial charge in [-0.1, -0.05) is 58.3 Å². The number of rotatable bonds is 5. The van der Waals surface area contributed by atoms with Gasteiger partial charge in [0.05, 0.1) is 11.4 Å². The summed E-state index contributed by atoms with van der Waals surface area (Å²) in [6.07, 6.45) is 2.12. The van der Waals surface area contributed by atoms with E-state index < -0.39 is 0 Å². The first-order valence-corrected chi connectivity index (χ1v) is 11.6. The molecule has 0 aliphatic rings. The van der Waals surface area contributed by atoms with Gasteiger partial charge in [0.25, 0.3) is 0 Å². The molecule has 0 amide bonds. The maximum atomic E-state index is 4.79. The van der Waals surface area contributed by atoms with Gasteiger partial charge in [0, 0.05) is 6.20 Å². The molecular formula is C30H37N3. The summed E-state index contributed by atoms with van der Waals surface area (Å²) in [6, 6.07) is 13.2. The fraction of sp³-hybridized carbons (Fsp3) is 0.333. The van der Waals surface area contributed by atoms with Crippen molar-refractivity contribution in [2.24, 2.45) is 10.3 Å². The Labute approximate surface area is 199 Å². The van der Waals surface area contributed by atoms with Crippen LogP contribution in [0.2, 0.25) is 0 Å². The Morgan fingerprint density at radius 2 is 1.00 bits per heavy atom. The van der Waals surface area contributed by atoms with Gasteiger partial charge in [-0.25, -0.2) is 5.01 Å². The van der Waals surface area contributed by atoms with Crippen LogP contribution in [0, 0.1) is 62.3 Å². The molecule has 3 nitrogen and oxygen atoms in total. The highest BCUT2D eigenvalue weighted by atomic mass is 15.5. The van der Waals surface area contributed by atoms with Gasteiger partial charge in [-0.3, -0.25) is 0 Å². The summed E-state index contributed by atoms with van der Waals surface area (Å²) in [7, 11) is 0. The number of nitrogens with zero attached hydrogens (tertiary/aromatic N) is 3. The second kappa shape index (κ2) is 9.74. The summed E-state index contributed by atoms with van der Waals surface area (Å²) in [5.74, 6) is 0. The van der Waals surface area contributed by atoms with Gasteiger partial charge in [-0.2, -0.15) is 0 Å². The molecule has 3 rings (SSSR count). The lowest BCUT2D eigenvalue weighted by molar-refractivity contribution is 0.946. The monoisotopic (exact) mass is 439 g/mol. The van der Waals surface area contributed by atoms with E-state index in [1.54, 1.807) is 0 Å². The Morgan fingerprint density at radius 3 is 1.45 bits per heavy atom. The van der Waals surface area contributed by atoms with Crippen molar-refractivity contribution in [3.8, 4) is 0 Å². The van der Waals surface area contributed by atoms with Crippen molar-refractivity contribution >= 4 is 16.9 Å². The highest BCUT2D eigenvalue weighted by molar-refractivity contribution is 5.73. The molecule has 0 radical (unpaired) electrons. The average molecular weight is 440 g/mol. The van der Waals surface area contributed by atoms with Crippen LogP contribution in [-0.2, 0) is 0 Å². The van der Waals surface area contributed by atoms with E-state index in [4.69, 9.17) is 10.3 Å². The van der Waals surface area contributed by atoms with E-state index in [0.717, 1.165) is 22.5 Å². The quantitative estimate of drug-likeness (QED) is 0.288. The minimum Gasteiger partial charge on any atom is -0.222 e. The van der Waals surface area contributed by atoms with Gasteiger partial charge in [-0.15, -0.1) is 5.11 Å². The Kier molecular flexibility index (Phi) is 7.22. The third kappa shape index (κ3) is 5.42. The van der Waals surface area contributed by atoms with Crippen LogP contribution in [0.3, 0.4) is 0 Å². The van der Waals surface area contributed by atoms with Gasteiger partial charge in [-0.05, 0) is 114 Å². The molecule has 0 fully saturated rings. The smallest absolute Gasteiger partial charge is 0.0932 e. The summed E-state index contributed by atoms with van der Waals surface area (Å²) in [6.45, 7) is 21.4. The van der Waals surface area contributed by atoms with E-state index in [1.807, 2.05) is 5.01 Å². The molecule has 0 heterocycles. The fourth-order valence-corrected chi connectivity index (χ4v) is 5.14. The second-order valence-corrected chi connectivity index (χ2v) is 9.61. The lowest BCUT2D eigenvalue weighted by Crippen LogP contribution is -2.11. The molecule has 0 N–H and O–H groups in total. The minimum absolute atomic E-state index is 0.932. The number of anilines is 1. The maximum absolute atomic E-state index is 4.79. The molecule has 0 saturated heterocycles. The summed E-state index contributed by atoms with van der Waals surface area (Å²) >= 11 is 0. The van der Waals surface area contributed by atoms with E-state index in [-0.39, 0.29) is 0 Å².